The highest BCUT2D eigenvalue weighted by atomic mass is 79.9. The monoisotopic (exact) mass is 402 g/mol. The van der Waals surface area contributed by atoms with Crippen LogP contribution in [0.1, 0.15) is 0 Å². The van der Waals surface area contributed by atoms with E-state index in [0.717, 1.165) is 0 Å². The van der Waals surface area contributed by atoms with Gasteiger partial charge in [-0.1, -0.05) is 0 Å². The lowest BCUT2D eigenvalue weighted by Crippen LogP contribution is -2.33. The zero-order valence-electron chi connectivity index (χ0n) is 11.5. The van der Waals surface area contributed by atoms with Crippen LogP contribution >= 0.6 is 15.9 Å². The number of primary sulfonamides is 1. The Hall–Kier alpha value is -2.17. The first-order valence-electron chi connectivity index (χ1n) is 6.16. The summed E-state index contributed by atoms with van der Waals surface area (Å²) in [6.45, 7) is 0. The Morgan fingerprint density at radius 3 is 2.35 bits per heavy atom. The van der Waals surface area contributed by atoms with Crippen molar-refractivity contribution in [3.05, 3.63) is 52.8 Å². The predicted octanol–water partition coefficient (Wildman–Crippen LogP) is 2.38. The number of nitrogens with two attached hydrogens (primary N) is 1. The van der Waals surface area contributed by atoms with E-state index >= 15 is 0 Å². The number of hydrogen-bond acceptors (Lipinski definition) is 4. The molecule has 23 heavy (non-hydrogen) atoms. The topological polar surface area (TPSA) is 113 Å². The van der Waals surface area contributed by atoms with Crippen LogP contribution in [0.4, 0.5) is 20.6 Å². The number of rotatable bonds is 4. The third-order valence-corrected chi connectivity index (χ3v) is 4.27. The van der Waals surface area contributed by atoms with Gasteiger partial charge in [0.1, 0.15) is 5.82 Å². The molecule has 0 aliphatic rings. The molecule has 0 radical (unpaired) electrons. The first kappa shape index (κ1) is 17.2. The summed E-state index contributed by atoms with van der Waals surface area (Å²) in [6, 6.07) is 8.67. The van der Waals surface area contributed by atoms with Crippen LogP contribution in [-0.2, 0) is 10.0 Å². The summed E-state index contributed by atoms with van der Waals surface area (Å²) in [7, 11) is -3.78. The van der Waals surface area contributed by atoms with Gasteiger partial charge in [-0.25, -0.2) is 22.7 Å². The van der Waals surface area contributed by atoms with Crippen molar-refractivity contribution < 1.29 is 17.6 Å². The number of halogens is 2. The van der Waals surface area contributed by atoms with E-state index in [9.17, 15) is 17.6 Å². The molecular weight excluding hydrogens is 391 g/mol. The highest BCUT2D eigenvalue weighted by Gasteiger charge is 2.08. The van der Waals surface area contributed by atoms with Crippen LogP contribution in [0, 0.1) is 5.82 Å². The van der Waals surface area contributed by atoms with Crippen molar-refractivity contribution in [1.29, 1.82) is 0 Å². The average molecular weight is 403 g/mol. The first-order chi connectivity index (χ1) is 10.8. The molecule has 0 atom stereocenters. The van der Waals surface area contributed by atoms with Gasteiger partial charge in [-0.3, -0.25) is 10.9 Å². The summed E-state index contributed by atoms with van der Waals surface area (Å²) < 4.78 is 35.6. The van der Waals surface area contributed by atoms with Gasteiger partial charge in [-0.2, -0.15) is 0 Å². The molecule has 7 nitrogen and oxygen atoms in total. The average Bonchev–Trinajstić information content (AvgIpc) is 2.46. The molecule has 0 fully saturated rings. The van der Waals surface area contributed by atoms with Crippen molar-refractivity contribution in [3.8, 4) is 0 Å². The molecule has 0 aromatic heterocycles. The van der Waals surface area contributed by atoms with Crippen LogP contribution in [0.5, 0.6) is 0 Å². The maximum atomic E-state index is 12.9. The van der Waals surface area contributed by atoms with Crippen LogP contribution in [0.25, 0.3) is 0 Å². The van der Waals surface area contributed by atoms with Gasteiger partial charge in [0.2, 0.25) is 10.0 Å². The largest absolute Gasteiger partial charge is 0.337 e. The lowest BCUT2D eigenvalue weighted by molar-refractivity contribution is 0.254. The van der Waals surface area contributed by atoms with Gasteiger partial charge >= 0.3 is 6.03 Å². The van der Waals surface area contributed by atoms with Gasteiger partial charge in [0, 0.05) is 10.2 Å². The van der Waals surface area contributed by atoms with E-state index in [1.165, 1.54) is 42.5 Å². The minimum Gasteiger partial charge on any atom is -0.307 e. The molecule has 0 saturated carbocycles. The SMILES string of the molecule is NS(=O)(=O)c1ccc(NC(=O)NNc2ccc(F)cc2Br)cc1. The summed E-state index contributed by atoms with van der Waals surface area (Å²) in [6.07, 6.45) is 0. The van der Waals surface area contributed by atoms with Crippen LogP contribution < -0.4 is 21.3 Å². The van der Waals surface area contributed by atoms with E-state index in [2.05, 4.69) is 32.1 Å². The molecule has 0 spiro atoms. The molecule has 122 valence electrons. The number of urea groups is 1. The van der Waals surface area contributed by atoms with Gasteiger partial charge < -0.3 is 5.32 Å². The quantitative estimate of drug-likeness (QED) is 0.587. The molecule has 0 saturated heterocycles. The zero-order chi connectivity index (χ0) is 17.0. The number of nitrogens with one attached hydrogen (secondary N) is 3. The molecule has 2 amide bonds. The fraction of sp³-hybridized carbons (Fsp3) is 0. The van der Waals surface area contributed by atoms with Crippen molar-refractivity contribution in [1.82, 2.24) is 5.43 Å². The second kappa shape index (κ2) is 6.94. The highest BCUT2D eigenvalue weighted by Crippen LogP contribution is 2.22. The summed E-state index contributed by atoms with van der Waals surface area (Å²) in [5.74, 6) is -0.415. The molecule has 0 aliphatic carbocycles. The number of hydrazine groups is 1. The molecule has 2 aromatic carbocycles. The number of hydrogen-bond donors (Lipinski definition) is 4. The maximum absolute atomic E-state index is 12.9. The smallest absolute Gasteiger partial charge is 0.307 e. The van der Waals surface area contributed by atoms with Gasteiger partial charge in [0.25, 0.3) is 0 Å². The predicted molar refractivity (Wildman–Crippen MR) is 87.7 cm³/mol. The number of sulfonamides is 1. The third-order valence-electron chi connectivity index (χ3n) is 2.68. The van der Waals surface area contributed by atoms with Crippen molar-refractivity contribution in [2.24, 2.45) is 5.14 Å². The van der Waals surface area contributed by atoms with E-state index in [1.54, 1.807) is 0 Å². The molecule has 0 heterocycles. The number of carbonyl (C=O) groups excluding carboxylic acids is 1. The highest BCUT2D eigenvalue weighted by molar-refractivity contribution is 9.10. The molecule has 10 heteroatoms. The Kier molecular flexibility index (Phi) is 5.19. The number of anilines is 2. The fourth-order valence-electron chi connectivity index (χ4n) is 1.61. The fourth-order valence-corrected chi connectivity index (χ4v) is 2.57. The molecule has 0 bridgehead atoms. The minimum atomic E-state index is -3.78. The Bertz CT molecular complexity index is 828. The Balaban J connectivity index is 1.94. The van der Waals surface area contributed by atoms with Crippen molar-refractivity contribution in [2.45, 2.75) is 4.90 Å². The van der Waals surface area contributed by atoms with Crippen molar-refractivity contribution in [2.75, 3.05) is 10.7 Å². The second-order valence-electron chi connectivity index (χ2n) is 4.40. The van der Waals surface area contributed by atoms with Gasteiger partial charge in [-0.15, -0.1) is 0 Å². The lowest BCUT2D eigenvalue weighted by Gasteiger charge is -2.11. The van der Waals surface area contributed by atoms with Crippen molar-refractivity contribution in [3.63, 3.8) is 0 Å². The summed E-state index contributed by atoms with van der Waals surface area (Å²) in [4.78, 5) is 11.7. The maximum Gasteiger partial charge on any atom is 0.337 e. The molecule has 0 aliphatic heterocycles. The Morgan fingerprint density at radius 1 is 1.13 bits per heavy atom. The van der Waals surface area contributed by atoms with E-state index in [1.807, 2.05) is 0 Å². The van der Waals surface area contributed by atoms with Crippen molar-refractivity contribution >= 4 is 43.4 Å². The van der Waals surface area contributed by atoms with Gasteiger partial charge in [0.15, 0.2) is 0 Å². The Morgan fingerprint density at radius 2 is 1.78 bits per heavy atom. The van der Waals surface area contributed by atoms with E-state index in [4.69, 9.17) is 5.14 Å². The van der Waals surface area contributed by atoms with Crippen LogP contribution in [0.3, 0.4) is 0 Å². The minimum absolute atomic E-state index is 0.0585. The standard InChI is InChI=1S/C13H12BrFN4O3S/c14-11-7-8(15)1-6-12(11)18-19-13(20)17-9-2-4-10(5-3-9)23(16,21)22/h1-7,18H,(H2,16,21,22)(H2,17,19,20). The zero-order valence-corrected chi connectivity index (χ0v) is 13.9. The van der Waals surface area contributed by atoms with Crippen LogP contribution in [0.2, 0.25) is 0 Å². The van der Waals surface area contributed by atoms with Crippen LogP contribution in [0.15, 0.2) is 51.8 Å². The second-order valence-corrected chi connectivity index (χ2v) is 6.81. The number of carbonyl (C=O) groups is 1. The number of benzene rings is 2. The molecule has 5 N–H and O–H groups in total. The lowest BCUT2D eigenvalue weighted by atomic mass is 10.3. The summed E-state index contributed by atoms with van der Waals surface area (Å²) in [5.41, 5.74) is 5.80. The molecule has 2 aromatic rings. The van der Waals surface area contributed by atoms with Crippen LogP contribution in [-0.4, -0.2) is 14.4 Å². The summed E-state index contributed by atoms with van der Waals surface area (Å²) >= 11 is 3.15. The van der Waals surface area contributed by atoms with Gasteiger partial charge in [0.05, 0.1) is 10.6 Å². The van der Waals surface area contributed by atoms with E-state index < -0.39 is 21.9 Å². The Labute approximate surface area is 140 Å². The van der Waals surface area contributed by atoms with Gasteiger partial charge in [-0.05, 0) is 58.4 Å². The summed E-state index contributed by atoms with van der Waals surface area (Å²) in [5, 5.41) is 7.46. The molecular formula is C13H12BrFN4O3S. The molecule has 0 unspecified atom stereocenters. The number of amides is 2. The van der Waals surface area contributed by atoms with E-state index in [0.29, 0.717) is 15.8 Å². The first-order valence-corrected chi connectivity index (χ1v) is 8.50. The normalized spacial score (nSPS) is 10.9. The third kappa shape index (κ3) is 4.91. The van der Waals surface area contributed by atoms with E-state index in [-0.39, 0.29) is 4.90 Å². The molecule has 2 rings (SSSR count).